The first-order chi connectivity index (χ1) is 23.3. The summed E-state index contributed by atoms with van der Waals surface area (Å²) in [6.07, 6.45) is 3.86. The summed E-state index contributed by atoms with van der Waals surface area (Å²) in [5, 5.41) is 8.34. The van der Waals surface area contributed by atoms with E-state index in [0.29, 0.717) is 0 Å². The van der Waals surface area contributed by atoms with Crippen LogP contribution in [-0.4, -0.2) is 23.5 Å². The fourth-order valence-corrected chi connectivity index (χ4v) is 7.93. The number of aromatic nitrogens is 5. The van der Waals surface area contributed by atoms with Crippen molar-refractivity contribution in [2.45, 2.75) is 0 Å². The van der Waals surface area contributed by atoms with Gasteiger partial charge in [0.15, 0.2) is 0 Å². The zero-order valence-corrected chi connectivity index (χ0v) is 25.2. The molecule has 0 radical (unpaired) electrons. The van der Waals surface area contributed by atoms with Gasteiger partial charge in [-0.2, -0.15) is 0 Å². The third kappa shape index (κ3) is 3.22. The highest BCUT2D eigenvalue weighted by molar-refractivity contribution is 6.27. The minimum absolute atomic E-state index is 0.948. The molecule has 0 aliphatic carbocycles. The average Bonchev–Trinajstić information content (AvgIpc) is 3.80. The van der Waals surface area contributed by atoms with Crippen LogP contribution in [0.25, 0.3) is 93.3 Å². The summed E-state index contributed by atoms with van der Waals surface area (Å²) >= 11 is 0. The number of fused-ring (bicyclic) bond motifs is 15. The molecule has 5 nitrogen and oxygen atoms in total. The summed E-state index contributed by atoms with van der Waals surface area (Å²) in [6.45, 7) is 0. The zero-order valence-electron chi connectivity index (χ0n) is 25.2. The highest BCUT2D eigenvalue weighted by atomic mass is 15.0. The predicted octanol–water partition coefficient (Wildman–Crippen LogP) is 10.4. The highest BCUT2D eigenvalue weighted by Crippen LogP contribution is 2.44. The topological polar surface area (TPSA) is 40.0 Å². The molecule has 6 aromatic carbocycles. The van der Waals surface area contributed by atoms with E-state index in [9.17, 15) is 0 Å². The summed E-state index contributed by atoms with van der Waals surface area (Å²) in [6, 6.07) is 50.1. The van der Waals surface area contributed by atoms with Gasteiger partial charge >= 0.3 is 0 Å². The van der Waals surface area contributed by atoms with Crippen LogP contribution in [0.3, 0.4) is 0 Å². The van der Waals surface area contributed by atoms with Gasteiger partial charge in [-0.3, -0.25) is 9.38 Å². The maximum atomic E-state index is 5.20. The van der Waals surface area contributed by atoms with Crippen molar-refractivity contribution >= 4 is 82.0 Å². The molecule has 0 spiro atoms. The van der Waals surface area contributed by atoms with Crippen molar-refractivity contribution in [1.29, 1.82) is 0 Å². The normalized spacial score (nSPS) is 12.3. The molecule has 11 rings (SSSR count). The van der Waals surface area contributed by atoms with Gasteiger partial charge in [0.1, 0.15) is 5.65 Å². The van der Waals surface area contributed by atoms with Gasteiger partial charge in [-0.05, 0) is 66.0 Å². The van der Waals surface area contributed by atoms with E-state index in [0.717, 1.165) is 55.2 Å². The summed E-state index contributed by atoms with van der Waals surface area (Å²) < 4.78 is 7.17. The molecule has 5 heteroatoms. The fraction of sp³-hybridized carbons (Fsp3) is 0. The number of rotatable bonds is 2. The number of benzene rings is 6. The molecule has 0 saturated heterocycles. The van der Waals surface area contributed by atoms with Gasteiger partial charge in [-0.25, -0.2) is 4.98 Å². The van der Waals surface area contributed by atoms with Gasteiger partial charge < -0.3 is 9.13 Å². The van der Waals surface area contributed by atoms with Gasteiger partial charge in [0.2, 0.25) is 0 Å². The van der Waals surface area contributed by atoms with E-state index < -0.39 is 0 Å². The molecule has 0 fully saturated rings. The fourth-order valence-electron chi connectivity index (χ4n) is 7.93. The molecule has 0 unspecified atom stereocenters. The third-order valence-electron chi connectivity index (χ3n) is 9.86. The highest BCUT2D eigenvalue weighted by Gasteiger charge is 2.23. The maximum absolute atomic E-state index is 5.20. The van der Waals surface area contributed by atoms with Crippen molar-refractivity contribution in [3.05, 3.63) is 152 Å². The molecule has 0 atom stereocenters. The Hall–Kier alpha value is -6.46. The molecule has 5 heterocycles. The van der Waals surface area contributed by atoms with Crippen LogP contribution in [0.2, 0.25) is 0 Å². The van der Waals surface area contributed by atoms with Crippen LogP contribution in [0, 0.1) is 0 Å². The van der Waals surface area contributed by atoms with Gasteiger partial charge in [-0.1, -0.05) is 78.9 Å². The van der Waals surface area contributed by atoms with Gasteiger partial charge in [0.05, 0.1) is 44.8 Å². The largest absolute Gasteiger partial charge is 0.307 e. The molecular weight excluding hydrogens is 574 g/mol. The number of imidazole rings is 1. The molecule has 11 aromatic rings. The number of para-hydroxylation sites is 5. The number of nitrogens with zero attached hydrogens (tertiary/aromatic N) is 5. The zero-order chi connectivity index (χ0) is 30.6. The van der Waals surface area contributed by atoms with Crippen LogP contribution in [-0.2, 0) is 0 Å². The van der Waals surface area contributed by atoms with Gasteiger partial charge in [0.25, 0.3) is 0 Å². The van der Waals surface area contributed by atoms with Crippen molar-refractivity contribution < 1.29 is 0 Å². The summed E-state index contributed by atoms with van der Waals surface area (Å²) in [5.74, 6) is 0. The van der Waals surface area contributed by atoms with E-state index in [2.05, 4.69) is 158 Å². The SMILES string of the molecule is c1ccc(-n2c3ccccc3c3ccc4c5cc6c(cc5n(-c5ccccc5)c4c32)c2ccncc2n2c3ccccc3nc62)cc1. The molecular formula is C42H25N5. The first kappa shape index (κ1) is 24.8. The van der Waals surface area contributed by atoms with Crippen LogP contribution in [0.4, 0.5) is 0 Å². The summed E-state index contributed by atoms with van der Waals surface area (Å²) in [7, 11) is 0. The van der Waals surface area contributed by atoms with E-state index in [4.69, 9.17) is 4.98 Å². The van der Waals surface area contributed by atoms with Crippen LogP contribution in [0.1, 0.15) is 0 Å². The van der Waals surface area contributed by atoms with Crippen molar-refractivity contribution in [1.82, 2.24) is 23.5 Å². The Bertz CT molecular complexity index is 3060. The quantitative estimate of drug-likeness (QED) is 0.186. The molecule has 0 N–H and O–H groups in total. The number of pyridine rings is 2. The van der Waals surface area contributed by atoms with Crippen molar-refractivity contribution in [3.63, 3.8) is 0 Å². The Morgan fingerprint density at radius 3 is 1.79 bits per heavy atom. The third-order valence-corrected chi connectivity index (χ3v) is 9.86. The van der Waals surface area contributed by atoms with Crippen LogP contribution in [0.5, 0.6) is 0 Å². The minimum atomic E-state index is 0.948. The lowest BCUT2D eigenvalue weighted by molar-refractivity contribution is 1.15. The van der Waals surface area contributed by atoms with Crippen molar-refractivity contribution in [2.24, 2.45) is 0 Å². The standard InChI is InChI=1S/C42H25N5/c1-3-11-26(12-4-1)45-36-17-9-7-15-28(36)30-19-20-31-33-23-34-32(24-38(33)46(41(31)40(30)45)27-13-5-2-6-14-27)29-21-22-43-25-39(29)47-37-18-10-8-16-35(37)44-42(34)47/h1-25H. The average molecular weight is 600 g/mol. The molecule has 0 bridgehead atoms. The number of hydrogen-bond donors (Lipinski definition) is 0. The molecule has 47 heavy (non-hydrogen) atoms. The van der Waals surface area contributed by atoms with E-state index in [1.54, 1.807) is 0 Å². The van der Waals surface area contributed by atoms with E-state index in [1.165, 1.54) is 38.1 Å². The van der Waals surface area contributed by atoms with Crippen molar-refractivity contribution in [2.75, 3.05) is 0 Å². The number of hydrogen-bond acceptors (Lipinski definition) is 2. The first-order valence-corrected chi connectivity index (χ1v) is 15.9. The van der Waals surface area contributed by atoms with E-state index in [1.807, 2.05) is 12.4 Å². The van der Waals surface area contributed by atoms with Crippen LogP contribution in [0.15, 0.2) is 152 Å². The second kappa shape index (κ2) is 9.05. The second-order valence-electron chi connectivity index (χ2n) is 12.3. The lowest BCUT2D eigenvalue weighted by Crippen LogP contribution is -1.98. The van der Waals surface area contributed by atoms with Crippen molar-refractivity contribution in [3.8, 4) is 11.4 Å². The summed E-state index contributed by atoms with van der Waals surface area (Å²) in [4.78, 5) is 9.76. The molecule has 0 saturated carbocycles. The molecule has 0 aliphatic heterocycles. The van der Waals surface area contributed by atoms with Gasteiger partial charge in [0, 0.05) is 49.9 Å². The Labute approximate surface area is 268 Å². The Morgan fingerprint density at radius 2 is 1.02 bits per heavy atom. The first-order valence-electron chi connectivity index (χ1n) is 15.9. The predicted molar refractivity (Wildman–Crippen MR) is 194 cm³/mol. The Kier molecular flexibility index (Phi) is 4.78. The molecule has 218 valence electrons. The smallest absolute Gasteiger partial charge is 0.146 e. The molecule has 0 aliphatic rings. The van der Waals surface area contributed by atoms with E-state index in [-0.39, 0.29) is 0 Å². The van der Waals surface area contributed by atoms with Crippen LogP contribution < -0.4 is 0 Å². The maximum Gasteiger partial charge on any atom is 0.146 e. The second-order valence-corrected chi connectivity index (χ2v) is 12.3. The Balaban J connectivity index is 1.42. The Morgan fingerprint density at radius 1 is 0.404 bits per heavy atom. The summed E-state index contributed by atoms with van der Waals surface area (Å²) in [5.41, 5.74) is 11.1. The van der Waals surface area contributed by atoms with E-state index >= 15 is 0 Å². The van der Waals surface area contributed by atoms with Gasteiger partial charge in [-0.15, -0.1) is 0 Å². The monoisotopic (exact) mass is 599 g/mol. The lowest BCUT2D eigenvalue weighted by atomic mass is 10.0. The van der Waals surface area contributed by atoms with Crippen LogP contribution >= 0.6 is 0 Å². The minimum Gasteiger partial charge on any atom is -0.307 e. The molecule has 0 amide bonds. The molecule has 5 aromatic heterocycles. The lowest BCUT2D eigenvalue weighted by Gasteiger charge is -2.13.